The Bertz CT molecular complexity index is 3820. The van der Waals surface area contributed by atoms with Gasteiger partial charge in [0.25, 0.3) is 0 Å². The van der Waals surface area contributed by atoms with Gasteiger partial charge >= 0.3 is 0 Å². The van der Waals surface area contributed by atoms with Crippen LogP contribution in [0.2, 0.25) is 0 Å². The summed E-state index contributed by atoms with van der Waals surface area (Å²) in [5.41, 5.74) is 17.9. The van der Waals surface area contributed by atoms with Crippen molar-refractivity contribution in [1.29, 1.82) is 0 Å². The molecule has 0 N–H and O–H groups in total. The standard InChI is InChI=1S/C63H38/c1-2-15-40-35-47(29-28-39(40)14-1)61-53-24-7-5-22-51(53)60(52-23-6-8-25-54(52)61)46-19-13-18-41(36-46)44-30-32-48-45(34-44)31-33-55-56-37-42-16-3-4-17-43(42)38-59(56)63(62(48)55)57-26-11-9-20-49(57)50-21-10-12-27-58(50)63/h1-38H. The average molecular weight is 795 g/mol. The third kappa shape index (κ3) is 4.75. The Morgan fingerprint density at radius 2 is 0.698 bits per heavy atom. The van der Waals surface area contributed by atoms with Gasteiger partial charge < -0.3 is 0 Å². The molecule has 2 aliphatic rings. The van der Waals surface area contributed by atoms with Crippen LogP contribution < -0.4 is 0 Å². The van der Waals surface area contributed by atoms with Crippen molar-refractivity contribution in [1.82, 2.24) is 0 Å². The summed E-state index contributed by atoms with van der Waals surface area (Å²) >= 11 is 0. The quantitative estimate of drug-likeness (QED) is 0.156. The largest absolute Gasteiger partial charge is 0.0731 e. The van der Waals surface area contributed by atoms with Crippen molar-refractivity contribution in [2.45, 2.75) is 5.41 Å². The van der Waals surface area contributed by atoms with E-state index in [0.29, 0.717) is 0 Å². The topological polar surface area (TPSA) is 0 Å². The van der Waals surface area contributed by atoms with Gasteiger partial charge in [-0.15, -0.1) is 0 Å². The molecule has 0 heterocycles. The van der Waals surface area contributed by atoms with E-state index < -0.39 is 5.41 Å². The predicted octanol–water partition coefficient (Wildman–Crippen LogP) is 16.8. The maximum atomic E-state index is 2.48. The van der Waals surface area contributed by atoms with Gasteiger partial charge in [0.15, 0.2) is 0 Å². The third-order valence-corrected chi connectivity index (χ3v) is 14.4. The Labute approximate surface area is 366 Å². The smallest absolute Gasteiger partial charge is 0.0619 e. The summed E-state index contributed by atoms with van der Waals surface area (Å²) in [6.45, 7) is 0. The number of rotatable bonds is 3. The normalized spacial score (nSPS) is 13.2. The predicted molar refractivity (Wildman–Crippen MR) is 267 cm³/mol. The molecule has 12 aromatic rings. The molecule has 14 rings (SSSR count). The molecule has 0 fully saturated rings. The van der Waals surface area contributed by atoms with E-state index >= 15 is 0 Å². The van der Waals surface area contributed by atoms with Gasteiger partial charge in [0.1, 0.15) is 0 Å². The molecule has 1 spiro atoms. The monoisotopic (exact) mass is 794 g/mol. The molecule has 2 aliphatic carbocycles. The molecule has 290 valence electrons. The van der Waals surface area contributed by atoms with Crippen LogP contribution in [0.4, 0.5) is 0 Å². The molecule has 0 saturated heterocycles. The van der Waals surface area contributed by atoms with Crippen molar-refractivity contribution in [3.8, 4) is 55.6 Å². The van der Waals surface area contributed by atoms with E-state index in [0.717, 1.165) is 0 Å². The Morgan fingerprint density at radius 3 is 1.37 bits per heavy atom. The minimum atomic E-state index is -0.427. The lowest BCUT2D eigenvalue weighted by atomic mass is 9.69. The van der Waals surface area contributed by atoms with Gasteiger partial charge in [-0.3, -0.25) is 0 Å². The lowest BCUT2D eigenvalue weighted by Crippen LogP contribution is -2.26. The van der Waals surface area contributed by atoms with Crippen molar-refractivity contribution in [2.24, 2.45) is 0 Å². The van der Waals surface area contributed by atoms with Crippen LogP contribution in [0.1, 0.15) is 22.3 Å². The molecule has 0 unspecified atom stereocenters. The summed E-state index contributed by atoms with van der Waals surface area (Å²) in [6, 6.07) is 86.7. The number of hydrogen-bond donors (Lipinski definition) is 0. The summed E-state index contributed by atoms with van der Waals surface area (Å²) in [4.78, 5) is 0. The van der Waals surface area contributed by atoms with E-state index in [-0.39, 0.29) is 0 Å². The summed E-state index contributed by atoms with van der Waals surface area (Å²) in [5, 5.41) is 12.7. The molecule has 0 nitrogen and oxygen atoms in total. The first kappa shape index (κ1) is 34.6. The molecular weight excluding hydrogens is 757 g/mol. The Morgan fingerprint density at radius 1 is 0.222 bits per heavy atom. The molecule has 63 heavy (non-hydrogen) atoms. The zero-order valence-electron chi connectivity index (χ0n) is 34.4. The second-order valence-electron chi connectivity index (χ2n) is 17.5. The first-order chi connectivity index (χ1) is 31.2. The number of hydrogen-bond acceptors (Lipinski definition) is 0. The summed E-state index contributed by atoms with van der Waals surface area (Å²) < 4.78 is 0. The van der Waals surface area contributed by atoms with Gasteiger partial charge in [-0.2, -0.15) is 0 Å². The van der Waals surface area contributed by atoms with Crippen molar-refractivity contribution in [3.05, 3.63) is 253 Å². The molecule has 0 heteroatoms. The molecule has 0 aliphatic heterocycles. The lowest BCUT2D eigenvalue weighted by molar-refractivity contribution is 0.802. The maximum Gasteiger partial charge on any atom is 0.0731 e. The fourth-order valence-corrected chi connectivity index (χ4v) is 11.8. The average Bonchev–Trinajstić information content (AvgIpc) is 3.81. The van der Waals surface area contributed by atoms with Gasteiger partial charge in [-0.05, 0) is 162 Å². The maximum absolute atomic E-state index is 2.48. The zero-order chi connectivity index (χ0) is 41.2. The molecule has 0 atom stereocenters. The lowest BCUT2D eigenvalue weighted by Gasteiger charge is -2.31. The minimum Gasteiger partial charge on any atom is -0.0619 e. The van der Waals surface area contributed by atoms with Crippen LogP contribution >= 0.6 is 0 Å². The van der Waals surface area contributed by atoms with Crippen LogP contribution in [0.3, 0.4) is 0 Å². The molecule has 12 aromatic carbocycles. The van der Waals surface area contributed by atoms with Crippen LogP contribution in [-0.2, 0) is 5.41 Å². The first-order valence-electron chi connectivity index (χ1n) is 22.1. The van der Waals surface area contributed by atoms with Crippen LogP contribution in [0.15, 0.2) is 231 Å². The van der Waals surface area contributed by atoms with Gasteiger partial charge in [-0.1, -0.05) is 200 Å². The molecule has 0 bridgehead atoms. The van der Waals surface area contributed by atoms with Crippen LogP contribution in [0.5, 0.6) is 0 Å². The van der Waals surface area contributed by atoms with Gasteiger partial charge in [0.2, 0.25) is 0 Å². The van der Waals surface area contributed by atoms with Crippen LogP contribution in [0.25, 0.3) is 109 Å². The van der Waals surface area contributed by atoms with Crippen molar-refractivity contribution >= 4 is 53.9 Å². The Hall–Kier alpha value is -8.06. The first-order valence-corrected chi connectivity index (χ1v) is 22.1. The molecular formula is C63H38. The minimum absolute atomic E-state index is 0.427. The second kappa shape index (κ2) is 13.0. The Balaban J connectivity index is 0.967. The molecule has 0 radical (unpaired) electrons. The van der Waals surface area contributed by atoms with Gasteiger partial charge in [0.05, 0.1) is 5.41 Å². The van der Waals surface area contributed by atoms with Crippen LogP contribution in [0, 0.1) is 0 Å². The van der Waals surface area contributed by atoms with E-state index in [1.807, 2.05) is 0 Å². The van der Waals surface area contributed by atoms with Crippen LogP contribution in [-0.4, -0.2) is 0 Å². The Kier molecular flexibility index (Phi) is 7.13. The highest BCUT2D eigenvalue weighted by Gasteiger charge is 2.52. The molecule has 0 saturated carbocycles. The van der Waals surface area contributed by atoms with Crippen molar-refractivity contribution in [2.75, 3.05) is 0 Å². The third-order valence-electron chi connectivity index (χ3n) is 14.4. The van der Waals surface area contributed by atoms with Crippen molar-refractivity contribution < 1.29 is 0 Å². The van der Waals surface area contributed by atoms with E-state index in [4.69, 9.17) is 0 Å². The fourth-order valence-electron chi connectivity index (χ4n) is 11.8. The highest BCUT2D eigenvalue weighted by molar-refractivity contribution is 6.22. The highest BCUT2D eigenvalue weighted by Crippen LogP contribution is 2.64. The summed E-state index contributed by atoms with van der Waals surface area (Å²) in [7, 11) is 0. The van der Waals surface area contributed by atoms with Crippen molar-refractivity contribution in [3.63, 3.8) is 0 Å². The van der Waals surface area contributed by atoms with E-state index in [1.165, 1.54) is 132 Å². The molecule has 0 amide bonds. The fraction of sp³-hybridized carbons (Fsp3) is 0.0159. The second-order valence-corrected chi connectivity index (χ2v) is 17.5. The van der Waals surface area contributed by atoms with E-state index in [1.54, 1.807) is 0 Å². The number of benzene rings is 12. The van der Waals surface area contributed by atoms with Gasteiger partial charge in [0, 0.05) is 0 Å². The zero-order valence-corrected chi connectivity index (χ0v) is 34.4. The SMILES string of the molecule is c1cc(-c2ccc3c4c(ccc3c2)-c2cc3ccccc3cc2C42c3ccccc3-c3ccccc32)cc(-c2c3ccccc3c(-c3ccc4ccccc4c3)c3ccccc23)c1. The summed E-state index contributed by atoms with van der Waals surface area (Å²) in [5.74, 6) is 0. The summed E-state index contributed by atoms with van der Waals surface area (Å²) in [6.07, 6.45) is 0. The molecule has 0 aromatic heterocycles. The van der Waals surface area contributed by atoms with E-state index in [9.17, 15) is 0 Å². The van der Waals surface area contributed by atoms with Gasteiger partial charge in [-0.25, -0.2) is 0 Å². The number of fused-ring (bicyclic) bond motifs is 16. The highest BCUT2D eigenvalue weighted by atomic mass is 14.5. The van der Waals surface area contributed by atoms with E-state index in [2.05, 4.69) is 231 Å².